The molecule has 0 bridgehead atoms. The third kappa shape index (κ3) is 6.76. The average Bonchev–Trinajstić information content (AvgIpc) is 2.72. The number of hydrogen-bond donors (Lipinski definition) is 1. The van der Waals surface area contributed by atoms with Crippen molar-refractivity contribution >= 4 is 23.5 Å². The molecule has 1 heterocycles. The van der Waals surface area contributed by atoms with E-state index in [9.17, 15) is 22.4 Å². The summed E-state index contributed by atoms with van der Waals surface area (Å²) in [5, 5.41) is 0. The molecule has 0 aliphatic carbocycles. The van der Waals surface area contributed by atoms with Gasteiger partial charge in [-0.1, -0.05) is 31.0 Å². The Morgan fingerprint density at radius 3 is 2.52 bits per heavy atom. The summed E-state index contributed by atoms with van der Waals surface area (Å²) in [5.41, 5.74) is 1.13. The molecule has 1 aliphatic rings. The molecule has 0 unspecified atom stereocenters. The predicted molar refractivity (Wildman–Crippen MR) is 112 cm³/mol. The first-order valence-electron chi connectivity index (χ1n) is 9.79. The quantitative estimate of drug-likeness (QED) is 0.480. The standard InChI is InChI=1S/C21H23F4N3O2S/c1-2-31-26-18-7-6-16(13-19(18)30-21(23,24)25)20(29)28-10-8-27(9-11-28)14-15-4-3-5-17(22)12-15/h3-7,12-13,26H,2,8-11,14H2,1H3. The van der Waals surface area contributed by atoms with E-state index in [-0.39, 0.29) is 23.0 Å². The molecule has 3 rings (SSSR count). The first-order chi connectivity index (χ1) is 14.7. The van der Waals surface area contributed by atoms with Crippen molar-refractivity contribution in [3.8, 4) is 5.75 Å². The number of anilines is 1. The van der Waals surface area contributed by atoms with E-state index < -0.39 is 12.1 Å². The van der Waals surface area contributed by atoms with Crippen LogP contribution in [0.3, 0.4) is 0 Å². The molecule has 0 spiro atoms. The minimum Gasteiger partial charge on any atom is -0.404 e. The van der Waals surface area contributed by atoms with Gasteiger partial charge in [-0.05, 0) is 35.9 Å². The fourth-order valence-corrected chi connectivity index (χ4v) is 3.75. The zero-order chi connectivity index (χ0) is 22.4. The van der Waals surface area contributed by atoms with Gasteiger partial charge in [0.15, 0.2) is 5.75 Å². The van der Waals surface area contributed by atoms with E-state index in [0.29, 0.717) is 38.5 Å². The number of benzene rings is 2. The molecule has 1 N–H and O–H groups in total. The first-order valence-corrected chi connectivity index (χ1v) is 10.8. The Morgan fingerprint density at radius 1 is 1.13 bits per heavy atom. The van der Waals surface area contributed by atoms with Crippen LogP contribution in [0.5, 0.6) is 5.75 Å². The van der Waals surface area contributed by atoms with Crippen molar-refractivity contribution in [1.82, 2.24) is 9.80 Å². The number of halogens is 4. The zero-order valence-corrected chi connectivity index (χ0v) is 17.7. The van der Waals surface area contributed by atoms with E-state index in [1.54, 1.807) is 11.0 Å². The summed E-state index contributed by atoms with van der Waals surface area (Å²) in [5.74, 6) is -0.443. The number of alkyl halides is 3. The summed E-state index contributed by atoms with van der Waals surface area (Å²) in [6, 6.07) is 10.4. The second-order valence-electron chi connectivity index (χ2n) is 6.99. The maximum atomic E-state index is 13.4. The lowest BCUT2D eigenvalue weighted by atomic mass is 10.1. The lowest BCUT2D eigenvalue weighted by Crippen LogP contribution is -2.48. The predicted octanol–water partition coefficient (Wildman–Crippen LogP) is 4.76. The minimum atomic E-state index is -4.86. The molecule has 10 heteroatoms. The van der Waals surface area contributed by atoms with Gasteiger partial charge in [0.2, 0.25) is 0 Å². The monoisotopic (exact) mass is 457 g/mol. The molecular formula is C21H23F4N3O2S. The highest BCUT2D eigenvalue weighted by atomic mass is 32.2. The fourth-order valence-electron chi connectivity index (χ4n) is 3.28. The molecule has 1 amide bonds. The number of piperazine rings is 1. The summed E-state index contributed by atoms with van der Waals surface area (Å²) in [4.78, 5) is 16.6. The Labute approximate surface area is 182 Å². The van der Waals surface area contributed by atoms with Crippen molar-refractivity contribution in [2.75, 3.05) is 36.7 Å². The lowest BCUT2D eigenvalue weighted by Gasteiger charge is -2.35. The second-order valence-corrected chi connectivity index (χ2v) is 8.06. The van der Waals surface area contributed by atoms with Gasteiger partial charge in [0.1, 0.15) is 5.82 Å². The molecular weight excluding hydrogens is 434 g/mol. The number of ether oxygens (including phenoxy) is 1. The van der Waals surface area contributed by atoms with Crippen LogP contribution in [0.25, 0.3) is 0 Å². The molecule has 0 atom stereocenters. The summed E-state index contributed by atoms with van der Waals surface area (Å²) in [6.07, 6.45) is -4.86. The molecule has 1 fully saturated rings. The van der Waals surface area contributed by atoms with E-state index in [0.717, 1.165) is 11.6 Å². The van der Waals surface area contributed by atoms with Crippen LogP contribution >= 0.6 is 11.9 Å². The SMILES string of the molecule is CCSNc1ccc(C(=O)N2CCN(Cc3cccc(F)c3)CC2)cc1OC(F)(F)F. The number of nitrogens with one attached hydrogen (secondary N) is 1. The van der Waals surface area contributed by atoms with Gasteiger partial charge in [-0.2, -0.15) is 0 Å². The maximum Gasteiger partial charge on any atom is 0.573 e. The normalized spacial score (nSPS) is 15.1. The smallest absolute Gasteiger partial charge is 0.404 e. The van der Waals surface area contributed by atoms with Gasteiger partial charge in [-0.15, -0.1) is 13.2 Å². The Bertz CT molecular complexity index is 902. The van der Waals surface area contributed by atoms with Gasteiger partial charge in [0.05, 0.1) is 5.69 Å². The van der Waals surface area contributed by atoms with Gasteiger partial charge < -0.3 is 14.4 Å². The molecule has 0 radical (unpaired) electrons. The van der Waals surface area contributed by atoms with Crippen LogP contribution in [-0.2, 0) is 6.54 Å². The molecule has 2 aromatic rings. The van der Waals surface area contributed by atoms with Crippen molar-refractivity contribution < 1.29 is 27.1 Å². The number of carbonyl (C=O) groups excluding carboxylic acids is 1. The molecule has 31 heavy (non-hydrogen) atoms. The maximum absolute atomic E-state index is 13.4. The van der Waals surface area contributed by atoms with Crippen LogP contribution in [0.4, 0.5) is 23.2 Å². The molecule has 1 aliphatic heterocycles. The third-order valence-corrected chi connectivity index (χ3v) is 5.39. The van der Waals surface area contributed by atoms with Crippen molar-refractivity contribution in [2.24, 2.45) is 0 Å². The molecule has 1 saturated heterocycles. The average molecular weight is 457 g/mol. The van der Waals surface area contributed by atoms with E-state index in [1.807, 2.05) is 13.0 Å². The Hall–Kier alpha value is -2.46. The van der Waals surface area contributed by atoms with E-state index >= 15 is 0 Å². The van der Waals surface area contributed by atoms with E-state index in [4.69, 9.17) is 0 Å². The van der Waals surface area contributed by atoms with Gasteiger partial charge in [0.25, 0.3) is 5.91 Å². The summed E-state index contributed by atoms with van der Waals surface area (Å²) in [6.45, 7) is 4.44. The van der Waals surface area contributed by atoms with E-state index in [1.165, 1.54) is 36.2 Å². The molecule has 0 aromatic heterocycles. The largest absolute Gasteiger partial charge is 0.573 e. The number of hydrogen-bond acceptors (Lipinski definition) is 5. The zero-order valence-electron chi connectivity index (χ0n) is 16.9. The Balaban J connectivity index is 1.65. The molecule has 5 nitrogen and oxygen atoms in total. The van der Waals surface area contributed by atoms with Crippen molar-refractivity contribution in [3.05, 3.63) is 59.4 Å². The highest BCUT2D eigenvalue weighted by Gasteiger charge is 2.33. The van der Waals surface area contributed by atoms with Crippen LogP contribution in [0, 0.1) is 5.82 Å². The number of carbonyl (C=O) groups is 1. The van der Waals surface area contributed by atoms with Crippen molar-refractivity contribution in [2.45, 2.75) is 19.8 Å². The Morgan fingerprint density at radius 2 is 1.87 bits per heavy atom. The van der Waals surface area contributed by atoms with Crippen LogP contribution in [0.1, 0.15) is 22.8 Å². The van der Waals surface area contributed by atoms with Gasteiger partial charge in [-0.25, -0.2) is 4.39 Å². The summed E-state index contributed by atoms with van der Waals surface area (Å²) < 4.78 is 58.7. The van der Waals surface area contributed by atoms with Crippen LogP contribution in [0.2, 0.25) is 0 Å². The first kappa shape index (κ1) is 23.2. The second kappa shape index (κ2) is 10.2. The molecule has 0 saturated carbocycles. The highest BCUT2D eigenvalue weighted by molar-refractivity contribution is 8.00. The Kier molecular flexibility index (Phi) is 7.66. The number of rotatable bonds is 7. The van der Waals surface area contributed by atoms with Gasteiger partial charge >= 0.3 is 6.36 Å². The minimum absolute atomic E-state index is 0.130. The van der Waals surface area contributed by atoms with Gasteiger partial charge in [0, 0.05) is 44.0 Å². The highest BCUT2D eigenvalue weighted by Crippen LogP contribution is 2.33. The number of nitrogens with zero attached hydrogens (tertiary/aromatic N) is 2. The van der Waals surface area contributed by atoms with Crippen molar-refractivity contribution in [1.29, 1.82) is 0 Å². The summed E-state index contributed by atoms with van der Waals surface area (Å²) >= 11 is 1.22. The fraction of sp³-hybridized carbons (Fsp3) is 0.381. The molecule has 2 aromatic carbocycles. The van der Waals surface area contributed by atoms with Crippen molar-refractivity contribution in [3.63, 3.8) is 0 Å². The topological polar surface area (TPSA) is 44.8 Å². The lowest BCUT2D eigenvalue weighted by molar-refractivity contribution is -0.274. The number of amides is 1. The van der Waals surface area contributed by atoms with E-state index in [2.05, 4.69) is 14.4 Å². The third-order valence-electron chi connectivity index (χ3n) is 4.74. The van der Waals surface area contributed by atoms with Crippen LogP contribution in [-0.4, -0.2) is 54.0 Å². The van der Waals surface area contributed by atoms with Crippen LogP contribution < -0.4 is 9.46 Å². The van der Waals surface area contributed by atoms with Crippen LogP contribution in [0.15, 0.2) is 42.5 Å². The molecule has 168 valence electrons. The van der Waals surface area contributed by atoms with Gasteiger partial charge in [-0.3, -0.25) is 9.69 Å². The summed E-state index contributed by atoms with van der Waals surface area (Å²) in [7, 11) is 0.